The van der Waals surface area contributed by atoms with E-state index in [4.69, 9.17) is 5.73 Å². The summed E-state index contributed by atoms with van der Waals surface area (Å²) >= 11 is 0. The van der Waals surface area contributed by atoms with E-state index in [-0.39, 0.29) is 0 Å². The molecule has 0 unspecified atom stereocenters. The fraction of sp³-hybridized carbons (Fsp3) is 0.500. The van der Waals surface area contributed by atoms with Gasteiger partial charge in [-0.3, -0.25) is 9.58 Å². The molecule has 4 heteroatoms. The fourth-order valence-corrected chi connectivity index (χ4v) is 3.50. The van der Waals surface area contributed by atoms with Crippen molar-refractivity contribution < 1.29 is 0 Å². The molecule has 1 saturated heterocycles. The van der Waals surface area contributed by atoms with Gasteiger partial charge in [0.2, 0.25) is 0 Å². The second-order valence-electron chi connectivity index (χ2n) is 6.32. The highest BCUT2D eigenvalue weighted by Gasteiger charge is 2.32. The van der Waals surface area contributed by atoms with Gasteiger partial charge in [-0.2, -0.15) is 5.10 Å². The average molecular weight is 298 g/mol. The van der Waals surface area contributed by atoms with E-state index in [1.54, 1.807) is 0 Å². The highest BCUT2D eigenvalue weighted by molar-refractivity contribution is 5.22. The minimum absolute atomic E-state index is 0.549. The Kier molecular flexibility index (Phi) is 4.90. The van der Waals surface area contributed by atoms with Gasteiger partial charge in [-0.1, -0.05) is 37.3 Å². The Balaban J connectivity index is 1.66. The van der Waals surface area contributed by atoms with E-state index < -0.39 is 0 Å². The monoisotopic (exact) mass is 298 g/mol. The molecular formula is C18H26N4. The largest absolute Gasteiger partial charge is 0.330 e. The van der Waals surface area contributed by atoms with Crippen molar-refractivity contribution in [2.24, 2.45) is 11.7 Å². The molecule has 0 bridgehead atoms. The summed E-state index contributed by atoms with van der Waals surface area (Å²) in [6, 6.07) is 10.8. The molecule has 0 spiro atoms. The Morgan fingerprint density at radius 3 is 2.77 bits per heavy atom. The first-order valence-electron chi connectivity index (χ1n) is 8.29. The van der Waals surface area contributed by atoms with Gasteiger partial charge in [-0.05, 0) is 24.4 Å². The van der Waals surface area contributed by atoms with E-state index in [0.29, 0.717) is 11.8 Å². The SMILES string of the molecule is CCCn1cc(CN2C[C@@H](CN)[C@H](c3ccccc3)C2)cn1. The summed E-state index contributed by atoms with van der Waals surface area (Å²) in [5, 5.41) is 4.43. The molecule has 2 atom stereocenters. The lowest BCUT2D eigenvalue weighted by molar-refractivity contribution is 0.316. The molecule has 1 aliphatic heterocycles. The molecule has 1 aromatic carbocycles. The number of rotatable bonds is 6. The van der Waals surface area contributed by atoms with Crippen LogP contribution in [0.15, 0.2) is 42.7 Å². The summed E-state index contributed by atoms with van der Waals surface area (Å²) in [5.74, 6) is 1.10. The minimum Gasteiger partial charge on any atom is -0.330 e. The van der Waals surface area contributed by atoms with Crippen molar-refractivity contribution >= 4 is 0 Å². The Labute approximate surface area is 132 Å². The van der Waals surface area contributed by atoms with E-state index >= 15 is 0 Å². The third-order valence-electron chi connectivity index (χ3n) is 4.59. The predicted octanol–water partition coefficient (Wildman–Crippen LogP) is 2.47. The van der Waals surface area contributed by atoms with Crippen molar-refractivity contribution in [3.63, 3.8) is 0 Å². The van der Waals surface area contributed by atoms with Crippen LogP contribution < -0.4 is 5.73 Å². The fourth-order valence-electron chi connectivity index (χ4n) is 3.50. The summed E-state index contributed by atoms with van der Waals surface area (Å²) in [7, 11) is 0. The minimum atomic E-state index is 0.549. The van der Waals surface area contributed by atoms with Gasteiger partial charge in [0.25, 0.3) is 0 Å². The topological polar surface area (TPSA) is 47.1 Å². The molecule has 1 aromatic heterocycles. The van der Waals surface area contributed by atoms with Crippen LogP contribution in [0.4, 0.5) is 0 Å². The van der Waals surface area contributed by atoms with Crippen LogP contribution in [-0.2, 0) is 13.1 Å². The Bertz CT molecular complexity index is 578. The molecule has 0 amide bonds. The maximum absolute atomic E-state index is 6.02. The second-order valence-corrected chi connectivity index (χ2v) is 6.32. The molecule has 1 fully saturated rings. The van der Waals surface area contributed by atoms with Gasteiger partial charge in [0.15, 0.2) is 0 Å². The molecule has 0 saturated carbocycles. The van der Waals surface area contributed by atoms with E-state index in [1.807, 2.05) is 10.9 Å². The van der Waals surface area contributed by atoms with Gasteiger partial charge in [-0.15, -0.1) is 0 Å². The van der Waals surface area contributed by atoms with Gasteiger partial charge in [-0.25, -0.2) is 0 Å². The normalized spacial score (nSPS) is 22.3. The van der Waals surface area contributed by atoms with E-state index in [9.17, 15) is 0 Å². The third-order valence-corrected chi connectivity index (χ3v) is 4.59. The van der Waals surface area contributed by atoms with Gasteiger partial charge >= 0.3 is 0 Å². The quantitative estimate of drug-likeness (QED) is 0.891. The Morgan fingerprint density at radius 2 is 2.05 bits per heavy atom. The Morgan fingerprint density at radius 1 is 1.23 bits per heavy atom. The van der Waals surface area contributed by atoms with E-state index in [0.717, 1.165) is 39.1 Å². The van der Waals surface area contributed by atoms with Crippen LogP contribution in [0.5, 0.6) is 0 Å². The molecule has 2 aromatic rings. The molecule has 0 aliphatic carbocycles. The maximum atomic E-state index is 6.02. The molecule has 4 nitrogen and oxygen atoms in total. The number of nitrogens with two attached hydrogens (primary N) is 1. The van der Waals surface area contributed by atoms with Crippen LogP contribution >= 0.6 is 0 Å². The zero-order chi connectivity index (χ0) is 15.4. The summed E-state index contributed by atoms with van der Waals surface area (Å²) < 4.78 is 2.04. The van der Waals surface area contributed by atoms with Crippen molar-refractivity contribution in [3.8, 4) is 0 Å². The van der Waals surface area contributed by atoms with Crippen LogP contribution in [-0.4, -0.2) is 34.3 Å². The van der Waals surface area contributed by atoms with Crippen molar-refractivity contribution in [2.75, 3.05) is 19.6 Å². The number of likely N-dealkylation sites (tertiary alicyclic amines) is 1. The Hall–Kier alpha value is -1.65. The van der Waals surface area contributed by atoms with Crippen molar-refractivity contribution in [3.05, 3.63) is 53.9 Å². The van der Waals surface area contributed by atoms with E-state index in [1.165, 1.54) is 11.1 Å². The number of hydrogen-bond donors (Lipinski definition) is 1. The molecule has 118 valence electrons. The molecule has 3 rings (SSSR count). The van der Waals surface area contributed by atoms with Gasteiger partial charge in [0.05, 0.1) is 6.20 Å². The number of aromatic nitrogens is 2. The van der Waals surface area contributed by atoms with Crippen LogP contribution in [0.1, 0.15) is 30.4 Å². The number of nitrogens with zero attached hydrogens (tertiary/aromatic N) is 3. The molecule has 1 aliphatic rings. The second kappa shape index (κ2) is 7.07. The van der Waals surface area contributed by atoms with Crippen molar-refractivity contribution in [2.45, 2.75) is 32.4 Å². The first-order valence-corrected chi connectivity index (χ1v) is 8.29. The zero-order valence-electron chi connectivity index (χ0n) is 13.4. The first-order chi connectivity index (χ1) is 10.8. The summed E-state index contributed by atoms with van der Waals surface area (Å²) in [5.41, 5.74) is 8.74. The van der Waals surface area contributed by atoms with E-state index in [2.05, 4.69) is 53.5 Å². The van der Waals surface area contributed by atoms with Crippen molar-refractivity contribution in [1.29, 1.82) is 0 Å². The lowest BCUT2D eigenvalue weighted by atomic mass is 9.89. The molecule has 22 heavy (non-hydrogen) atoms. The van der Waals surface area contributed by atoms with Crippen molar-refractivity contribution in [1.82, 2.24) is 14.7 Å². The first kappa shape index (κ1) is 15.3. The standard InChI is InChI=1S/C18H26N4/c1-2-8-22-12-15(10-20-22)11-21-13-17(9-19)18(14-21)16-6-4-3-5-7-16/h3-7,10,12,17-18H,2,8-9,11,13-14,19H2,1H3/t17-,18+/m1/s1. The van der Waals surface area contributed by atoms with Gasteiger partial charge in [0.1, 0.15) is 0 Å². The molecule has 2 N–H and O–H groups in total. The van der Waals surface area contributed by atoms with Gasteiger partial charge < -0.3 is 5.73 Å². The lowest BCUT2D eigenvalue weighted by Crippen LogP contribution is -2.23. The van der Waals surface area contributed by atoms with Crippen LogP contribution in [0.3, 0.4) is 0 Å². The number of hydrogen-bond acceptors (Lipinski definition) is 3. The molecule has 2 heterocycles. The predicted molar refractivity (Wildman–Crippen MR) is 89.5 cm³/mol. The molecular weight excluding hydrogens is 272 g/mol. The summed E-state index contributed by atoms with van der Waals surface area (Å²) in [4.78, 5) is 2.52. The van der Waals surface area contributed by atoms with Crippen LogP contribution in [0, 0.1) is 5.92 Å². The number of benzene rings is 1. The zero-order valence-corrected chi connectivity index (χ0v) is 13.4. The highest BCUT2D eigenvalue weighted by atomic mass is 15.3. The number of aryl methyl sites for hydroxylation is 1. The summed E-state index contributed by atoms with van der Waals surface area (Å²) in [6.45, 7) is 7.07. The molecule has 0 radical (unpaired) electrons. The smallest absolute Gasteiger partial charge is 0.0534 e. The third kappa shape index (κ3) is 3.39. The maximum Gasteiger partial charge on any atom is 0.0534 e. The average Bonchev–Trinajstić information content (AvgIpc) is 3.16. The lowest BCUT2D eigenvalue weighted by Gasteiger charge is -2.16. The summed E-state index contributed by atoms with van der Waals surface area (Å²) in [6.07, 6.45) is 5.30. The van der Waals surface area contributed by atoms with Crippen LogP contribution in [0.2, 0.25) is 0 Å². The van der Waals surface area contributed by atoms with Gasteiger partial charge in [0, 0.05) is 43.9 Å². The van der Waals surface area contributed by atoms with Crippen LogP contribution in [0.25, 0.3) is 0 Å². The highest BCUT2D eigenvalue weighted by Crippen LogP contribution is 2.32.